The van der Waals surface area contributed by atoms with Gasteiger partial charge in [0.15, 0.2) is 0 Å². The molecule has 3 aromatic carbocycles. The second-order valence-corrected chi connectivity index (χ2v) is 8.36. The Hall–Kier alpha value is -4.07. The van der Waals surface area contributed by atoms with Gasteiger partial charge in [-0.15, -0.1) is 0 Å². The van der Waals surface area contributed by atoms with Gasteiger partial charge in [-0.05, 0) is 53.6 Å². The van der Waals surface area contributed by atoms with Gasteiger partial charge in [-0.1, -0.05) is 47.5 Å². The Kier molecular flexibility index (Phi) is 5.79. The molecule has 0 aliphatic heterocycles. The molecule has 4 N–H and O–H groups in total. The maximum atomic E-state index is 12.5. The quantitative estimate of drug-likeness (QED) is 0.264. The molecule has 34 heavy (non-hydrogen) atoms. The summed E-state index contributed by atoms with van der Waals surface area (Å²) in [5.74, 6) is 1.09. The third kappa shape index (κ3) is 4.52. The number of aromatic nitrogens is 3. The summed E-state index contributed by atoms with van der Waals surface area (Å²) in [6.07, 6.45) is 3.39. The van der Waals surface area contributed by atoms with Crippen LogP contribution in [0.4, 0.5) is 22.0 Å². The van der Waals surface area contributed by atoms with Crippen LogP contribution in [0.25, 0.3) is 27.8 Å². The molecule has 7 nitrogen and oxygen atoms in total. The van der Waals surface area contributed by atoms with Crippen LogP contribution in [0.1, 0.15) is 0 Å². The highest BCUT2D eigenvalue weighted by atomic mass is 35.5. The number of nitrogens with one attached hydrogen (secondary N) is 2. The van der Waals surface area contributed by atoms with Crippen molar-refractivity contribution >= 4 is 57.3 Å². The van der Waals surface area contributed by atoms with Crippen molar-refractivity contribution < 1.29 is 4.79 Å². The van der Waals surface area contributed by atoms with Crippen LogP contribution in [0.5, 0.6) is 0 Å². The van der Waals surface area contributed by atoms with Gasteiger partial charge in [0.1, 0.15) is 18.0 Å². The SMILES string of the molecule is Nc1cc(-n2ccc3ccc(-c4cccc(NC(=O)Nc5ccc(Cl)c(Cl)c5)c4)cc32)ncn1. The standard InChI is InChI=1S/C25H18Cl2N6O/c26-20-7-6-19(12-21(20)27)32-25(34)31-18-3-1-2-16(10-18)17-5-4-15-8-9-33(22(15)11-17)24-13-23(28)29-14-30-24/h1-14H,(H2,28,29,30)(H2,31,32,34). The molecule has 0 spiro atoms. The fraction of sp³-hybridized carbons (Fsp3) is 0. The number of hydrogen-bond acceptors (Lipinski definition) is 4. The van der Waals surface area contributed by atoms with Gasteiger partial charge < -0.3 is 20.9 Å². The molecular weight excluding hydrogens is 471 g/mol. The molecule has 168 valence electrons. The molecule has 2 aromatic heterocycles. The van der Waals surface area contributed by atoms with Crippen molar-refractivity contribution in [3.8, 4) is 16.9 Å². The number of amides is 2. The number of carbonyl (C=O) groups excluding carboxylic acids is 1. The lowest BCUT2D eigenvalue weighted by Crippen LogP contribution is -2.19. The van der Waals surface area contributed by atoms with Crippen molar-refractivity contribution in [2.75, 3.05) is 16.4 Å². The summed E-state index contributed by atoms with van der Waals surface area (Å²) in [7, 11) is 0. The smallest absolute Gasteiger partial charge is 0.323 e. The number of nitrogen functional groups attached to an aromatic ring is 1. The van der Waals surface area contributed by atoms with Crippen molar-refractivity contribution in [1.29, 1.82) is 0 Å². The normalized spacial score (nSPS) is 10.9. The Morgan fingerprint density at radius 3 is 2.41 bits per heavy atom. The molecule has 0 atom stereocenters. The maximum absolute atomic E-state index is 12.5. The summed E-state index contributed by atoms with van der Waals surface area (Å²) >= 11 is 11.9. The number of carbonyl (C=O) groups is 1. The molecule has 0 aliphatic carbocycles. The number of nitrogens with zero attached hydrogens (tertiary/aromatic N) is 3. The average Bonchev–Trinajstić information content (AvgIpc) is 3.25. The zero-order valence-corrected chi connectivity index (χ0v) is 19.2. The number of halogens is 2. The number of hydrogen-bond donors (Lipinski definition) is 3. The molecule has 2 heterocycles. The van der Waals surface area contributed by atoms with E-state index in [0.717, 1.165) is 22.0 Å². The first-order chi connectivity index (χ1) is 16.5. The van der Waals surface area contributed by atoms with Gasteiger partial charge in [0.2, 0.25) is 0 Å². The lowest BCUT2D eigenvalue weighted by Gasteiger charge is -2.11. The van der Waals surface area contributed by atoms with Crippen LogP contribution >= 0.6 is 23.2 Å². The van der Waals surface area contributed by atoms with Gasteiger partial charge in [0.05, 0.1) is 15.6 Å². The lowest BCUT2D eigenvalue weighted by atomic mass is 10.0. The van der Waals surface area contributed by atoms with E-state index >= 15 is 0 Å². The van der Waals surface area contributed by atoms with E-state index in [1.165, 1.54) is 6.33 Å². The Bertz CT molecular complexity index is 1530. The molecule has 0 aliphatic rings. The summed E-state index contributed by atoms with van der Waals surface area (Å²) in [5, 5.41) is 7.45. The predicted molar refractivity (Wildman–Crippen MR) is 138 cm³/mol. The van der Waals surface area contributed by atoms with E-state index in [1.54, 1.807) is 24.3 Å². The van der Waals surface area contributed by atoms with Crippen molar-refractivity contribution in [2.45, 2.75) is 0 Å². The van der Waals surface area contributed by atoms with E-state index in [-0.39, 0.29) is 6.03 Å². The maximum Gasteiger partial charge on any atom is 0.323 e. The van der Waals surface area contributed by atoms with Gasteiger partial charge in [-0.3, -0.25) is 0 Å². The first-order valence-electron chi connectivity index (χ1n) is 10.3. The topological polar surface area (TPSA) is 97.9 Å². The first-order valence-corrected chi connectivity index (χ1v) is 11.0. The molecule has 5 rings (SSSR count). The summed E-state index contributed by atoms with van der Waals surface area (Å²) < 4.78 is 1.96. The minimum atomic E-state index is -0.388. The van der Waals surface area contributed by atoms with E-state index in [1.807, 2.05) is 53.2 Å². The van der Waals surface area contributed by atoms with Gasteiger partial charge in [-0.2, -0.15) is 0 Å². The number of rotatable bonds is 4. The molecule has 2 amide bonds. The van der Waals surface area contributed by atoms with Crippen LogP contribution in [0.2, 0.25) is 10.0 Å². The van der Waals surface area contributed by atoms with E-state index in [4.69, 9.17) is 28.9 Å². The third-order valence-electron chi connectivity index (χ3n) is 5.24. The van der Waals surface area contributed by atoms with Crippen LogP contribution in [0.15, 0.2) is 85.3 Å². The Morgan fingerprint density at radius 2 is 1.62 bits per heavy atom. The number of anilines is 3. The Morgan fingerprint density at radius 1 is 0.824 bits per heavy atom. The molecule has 0 fully saturated rings. The molecular formula is C25H18Cl2N6O. The monoisotopic (exact) mass is 488 g/mol. The summed E-state index contributed by atoms with van der Waals surface area (Å²) in [6, 6.07) is 22.0. The highest BCUT2D eigenvalue weighted by Crippen LogP contribution is 2.29. The molecule has 0 unspecified atom stereocenters. The molecule has 0 saturated carbocycles. The number of nitrogens with two attached hydrogens (primary N) is 1. The second-order valence-electron chi connectivity index (χ2n) is 7.55. The van der Waals surface area contributed by atoms with Crippen LogP contribution in [0, 0.1) is 0 Å². The van der Waals surface area contributed by atoms with Gasteiger partial charge in [0.25, 0.3) is 0 Å². The number of urea groups is 1. The van der Waals surface area contributed by atoms with Gasteiger partial charge >= 0.3 is 6.03 Å². The fourth-order valence-corrected chi connectivity index (χ4v) is 3.94. The molecule has 0 radical (unpaired) electrons. The second kappa shape index (κ2) is 9.05. The summed E-state index contributed by atoms with van der Waals surface area (Å²) in [5.41, 5.74) is 9.94. The number of benzene rings is 3. The van der Waals surface area contributed by atoms with Crippen LogP contribution in [-0.2, 0) is 0 Å². The zero-order valence-electron chi connectivity index (χ0n) is 17.7. The first kappa shape index (κ1) is 21.8. The van der Waals surface area contributed by atoms with Crippen LogP contribution < -0.4 is 16.4 Å². The Labute approximate surface area is 205 Å². The van der Waals surface area contributed by atoms with E-state index in [9.17, 15) is 4.79 Å². The van der Waals surface area contributed by atoms with E-state index < -0.39 is 0 Å². The van der Waals surface area contributed by atoms with E-state index in [0.29, 0.717) is 33.1 Å². The highest BCUT2D eigenvalue weighted by molar-refractivity contribution is 6.42. The van der Waals surface area contributed by atoms with Crippen molar-refractivity contribution in [3.63, 3.8) is 0 Å². The van der Waals surface area contributed by atoms with Crippen LogP contribution in [0.3, 0.4) is 0 Å². The third-order valence-corrected chi connectivity index (χ3v) is 5.98. The van der Waals surface area contributed by atoms with Crippen molar-refractivity contribution in [2.24, 2.45) is 0 Å². The predicted octanol–water partition coefficient (Wildman–Crippen LogP) is 6.62. The zero-order chi connectivity index (χ0) is 23.7. The fourth-order valence-electron chi connectivity index (χ4n) is 3.64. The minimum absolute atomic E-state index is 0.367. The lowest BCUT2D eigenvalue weighted by molar-refractivity contribution is 0.262. The molecule has 0 saturated heterocycles. The van der Waals surface area contributed by atoms with Gasteiger partial charge in [0, 0.05) is 29.0 Å². The van der Waals surface area contributed by atoms with Crippen molar-refractivity contribution in [1.82, 2.24) is 14.5 Å². The molecule has 5 aromatic rings. The Balaban J connectivity index is 1.40. The molecule has 0 bridgehead atoms. The molecule has 9 heteroatoms. The van der Waals surface area contributed by atoms with Crippen molar-refractivity contribution in [3.05, 3.63) is 95.4 Å². The summed E-state index contributed by atoms with van der Waals surface area (Å²) in [6.45, 7) is 0. The average molecular weight is 489 g/mol. The van der Waals surface area contributed by atoms with Crippen LogP contribution in [-0.4, -0.2) is 20.6 Å². The number of fused-ring (bicyclic) bond motifs is 1. The largest absolute Gasteiger partial charge is 0.384 e. The highest BCUT2D eigenvalue weighted by Gasteiger charge is 2.09. The van der Waals surface area contributed by atoms with Gasteiger partial charge in [-0.25, -0.2) is 14.8 Å². The summed E-state index contributed by atoms with van der Waals surface area (Å²) in [4.78, 5) is 20.8. The van der Waals surface area contributed by atoms with E-state index in [2.05, 4.69) is 26.7 Å². The minimum Gasteiger partial charge on any atom is -0.384 e.